The first-order chi connectivity index (χ1) is 9.62. The van der Waals surface area contributed by atoms with Gasteiger partial charge >= 0.3 is 0 Å². The van der Waals surface area contributed by atoms with Crippen LogP contribution in [0.4, 0.5) is 0 Å². The zero-order valence-corrected chi connectivity index (χ0v) is 13.1. The lowest BCUT2D eigenvalue weighted by atomic mass is 9.86. The molecule has 1 amide bonds. The molecule has 0 aromatic carbocycles. The summed E-state index contributed by atoms with van der Waals surface area (Å²) < 4.78 is 0. The third-order valence-corrected chi connectivity index (χ3v) is 5.20. The number of rotatable bonds is 6. The third-order valence-electron chi connectivity index (χ3n) is 5.20. The van der Waals surface area contributed by atoms with Crippen molar-refractivity contribution in [2.24, 2.45) is 5.41 Å². The summed E-state index contributed by atoms with van der Waals surface area (Å²) in [5.41, 5.74) is -0.0340. The van der Waals surface area contributed by atoms with Gasteiger partial charge in [-0.05, 0) is 45.2 Å². The van der Waals surface area contributed by atoms with E-state index in [1.165, 1.54) is 25.7 Å². The van der Waals surface area contributed by atoms with Crippen LogP contribution in [0.15, 0.2) is 0 Å². The zero-order valence-electron chi connectivity index (χ0n) is 13.1. The van der Waals surface area contributed by atoms with Crippen LogP contribution in [-0.2, 0) is 4.79 Å². The Morgan fingerprint density at radius 2 is 1.85 bits per heavy atom. The largest absolute Gasteiger partial charge is 0.396 e. The molecule has 4 heteroatoms. The van der Waals surface area contributed by atoms with Crippen LogP contribution in [0.3, 0.4) is 0 Å². The van der Waals surface area contributed by atoms with Crippen LogP contribution in [0.2, 0.25) is 0 Å². The Hall–Kier alpha value is -0.610. The lowest BCUT2D eigenvalue weighted by Gasteiger charge is -2.35. The molecule has 0 unspecified atom stereocenters. The number of hydrogen-bond acceptors (Lipinski definition) is 3. The summed E-state index contributed by atoms with van der Waals surface area (Å²) >= 11 is 0. The van der Waals surface area contributed by atoms with Gasteiger partial charge in [-0.1, -0.05) is 19.8 Å². The van der Waals surface area contributed by atoms with Crippen LogP contribution in [0.25, 0.3) is 0 Å². The minimum Gasteiger partial charge on any atom is -0.396 e. The van der Waals surface area contributed by atoms with E-state index in [-0.39, 0.29) is 24.0 Å². The first kappa shape index (κ1) is 15.8. The Labute approximate surface area is 123 Å². The van der Waals surface area contributed by atoms with Gasteiger partial charge < -0.3 is 10.0 Å². The Morgan fingerprint density at radius 1 is 1.25 bits per heavy atom. The monoisotopic (exact) mass is 282 g/mol. The molecule has 1 heterocycles. The van der Waals surface area contributed by atoms with Gasteiger partial charge in [-0.25, -0.2) is 0 Å². The van der Waals surface area contributed by atoms with Crippen LogP contribution in [-0.4, -0.2) is 60.1 Å². The summed E-state index contributed by atoms with van der Waals surface area (Å²) in [6.45, 7) is 5.15. The molecule has 116 valence electrons. The lowest BCUT2D eigenvalue weighted by molar-refractivity contribution is -0.137. The van der Waals surface area contributed by atoms with E-state index in [9.17, 15) is 9.90 Å². The van der Waals surface area contributed by atoms with Gasteiger partial charge in [0.15, 0.2) is 0 Å². The molecule has 0 radical (unpaired) electrons. The van der Waals surface area contributed by atoms with Gasteiger partial charge in [-0.15, -0.1) is 0 Å². The van der Waals surface area contributed by atoms with Crippen molar-refractivity contribution in [1.82, 2.24) is 9.80 Å². The molecule has 0 bridgehead atoms. The Morgan fingerprint density at radius 3 is 2.35 bits per heavy atom. The van der Waals surface area contributed by atoms with Gasteiger partial charge in [0, 0.05) is 19.0 Å². The fourth-order valence-electron chi connectivity index (χ4n) is 3.97. The zero-order chi connectivity index (χ0) is 14.6. The van der Waals surface area contributed by atoms with Crippen LogP contribution < -0.4 is 0 Å². The molecule has 0 aromatic rings. The summed E-state index contributed by atoms with van der Waals surface area (Å²) in [7, 11) is 1.91. The van der Waals surface area contributed by atoms with E-state index in [0.717, 1.165) is 32.4 Å². The highest BCUT2D eigenvalue weighted by Gasteiger charge is 2.37. The second kappa shape index (κ2) is 6.90. The number of aliphatic hydroxyl groups excluding tert-OH is 1. The summed E-state index contributed by atoms with van der Waals surface area (Å²) in [6.07, 6.45) is 7.80. The molecule has 20 heavy (non-hydrogen) atoms. The number of aliphatic hydroxyl groups is 1. The highest BCUT2D eigenvalue weighted by molar-refractivity contribution is 5.81. The minimum atomic E-state index is -0.0340. The molecule has 2 aliphatic rings. The number of carbonyl (C=O) groups excluding carboxylic acids is 1. The second-order valence-electron chi connectivity index (χ2n) is 6.73. The molecule has 0 aromatic heterocycles. The first-order valence-corrected chi connectivity index (χ1v) is 8.22. The second-order valence-corrected chi connectivity index (χ2v) is 6.73. The number of amides is 1. The van der Waals surface area contributed by atoms with Crippen molar-refractivity contribution in [3.63, 3.8) is 0 Å². The molecule has 0 spiro atoms. The molecule has 1 saturated carbocycles. The van der Waals surface area contributed by atoms with E-state index in [1.54, 1.807) is 0 Å². The van der Waals surface area contributed by atoms with Crippen molar-refractivity contribution in [1.29, 1.82) is 0 Å². The molecule has 1 N–H and O–H groups in total. The van der Waals surface area contributed by atoms with E-state index in [2.05, 4.69) is 11.8 Å². The van der Waals surface area contributed by atoms with E-state index in [0.29, 0.717) is 6.54 Å². The van der Waals surface area contributed by atoms with Crippen molar-refractivity contribution in [2.75, 3.05) is 33.3 Å². The number of carbonyl (C=O) groups is 1. The third kappa shape index (κ3) is 3.34. The Bertz CT molecular complexity index is 320. The molecular formula is C16H30N2O2. The molecule has 2 fully saturated rings. The normalized spacial score (nSPS) is 23.9. The summed E-state index contributed by atoms with van der Waals surface area (Å²) in [6, 6.07) is 0.0413. The summed E-state index contributed by atoms with van der Waals surface area (Å²) in [4.78, 5) is 16.9. The summed E-state index contributed by atoms with van der Waals surface area (Å²) in [5, 5.41) is 9.71. The maximum absolute atomic E-state index is 12.7. The van der Waals surface area contributed by atoms with Crippen LogP contribution in [0, 0.1) is 5.41 Å². The first-order valence-electron chi connectivity index (χ1n) is 8.22. The van der Waals surface area contributed by atoms with Crippen molar-refractivity contribution in [3.05, 3.63) is 0 Å². The van der Waals surface area contributed by atoms with Gasteiger partial charge in [0.25, 0.3) is 0 Å². The molecule has 1 aliphatic heterocycles. The van der Waals surface area contributed by atoms with Crippen molar-refractivity contribution >= 4 is 5.91 Å². The highest BCUT2D eigenvalue weighted by atomic mass is 16.3. The van der Waals surface area contributed by atoms with Gasteiger partial charge in [0.05, 0.1) is 12.6 Å². The number of likely N-dealkylation sites (N-methyl/N-ethyl adjacent to an activating group) is 1. The van der Waals surface area contributed by atoms with Crippen molar-refractivity contribution in [3.8, 4) is 0 Å². The fourth-order valence-corrected chi connectivity index (χ4v) is 3.97. The van der Waals surface area contributed by atoms with Gasteiger partial charge in [0.2, 0.25) is 5.91 Å². The molecular weight excluding hydrogens is 252 g/mol. The van der Waals surface area contributed by atoms with Crippen molar-refractivity contribution < 1.29 is 9.90 Å². The molecule has 1 saturated heterocycles. The number of nitrogens with zero attached hydrogens (tertiary/aromatic N) is 2. The van der Waals surface area contributed by atoms with Gasteiger partial charge in [-0.3, -0.25) is 9.69 Å². The maximum atomic E-state index is 12.7. The average molecular weight is 282 g/mol. The van der Waals surface area contributed by atoms with Crippen molar-refractivity contribution in [2.45, 2.75) is 57.9 Å². The summed E-state index contributed by atoms with van der Waals surface area (Å²) in [5.74, 6) is 0.245. The quantitative estimate of drug-likeness (QED) is 0.809. The fraction of sp³-hybridized carbons (Fsp3) is 0.938. The standard InChI is InChI=1S/C16H30N2O2/c1-3-14(18-10-6-7-11-18)15(20)17(2)12-16(13-19)8-4-5-9-16/h14,19H,3-13H2,1-2H3/t14-/m0/s1. The number of likely N-dealkylation sites (tertiary alicyclic amines) is 1. The topological polar surface area (TPSA) is 43.8 Å². The van der Waals surface area contributed by atoms with E-state index in [4.69, 9.17) is 0 Å². The average Bonchev–Trinajstić information content (AvgIpc) is 3.11. The predicted octanol–water partition coefficient (Wildman–Crippen LogP) is 1.87. The van der Waals surface area contributed by atoms with Gasteiger partial charge in [0.1, 0.15) is 0 Å². The Balaban J connectivity index is 1.95. The van der Waals surface area contributed by atoms with Crippen LogP contribution in [0.5, 0.6) is 0 Å². The minimum absolute atomic E-state index is 0.0340. The van der Waals surface area contributed by atoms with E-state index < -0.39 is 0 Å². The molecule has 1 aliphatic carbocycles. The Kier molecular flexibility index (Phi) is 5.44. The van der Waals surface area contributed by atoms with Crippen LogP contribution >= 0.6 is 0 Å². The maximum Gasteiger partial charge on any atom is 0.239 e. The van der Waals surface area contributed by atoms with Gasteiger partial charge in [-0.2, -0.15) is 0 Å². The predicted molar refractivity (Wildman–Crippen MR) is 80.5 cm³/mol. The number of hydrogen-bond donors (Lipinski definition) is 1. The van der Waals surface area contributed by atoms with E-state index in [1.807, 2.05) is 11.9 Å². The van der Waals surface area contributed by atoms with Crippen LogP contribution in [0.1, 0.15) is 51.9 Å². The molecule has 2 rings (SSSR count). The lowest BCUT2D eigenvalue weighted by Crippen LogP contribution is -2.49. The molecule has 4 nitrogen and oxygen atoms in total. The SMILES string of the molecule is CC[C@@H](C(=O)N(C)CC1(CO)CCCC1)N1CCCC1. The highest BCUT2D eigenvalue weighted by Crippen LogP contribution is 2.38. The smallest absolute Gasteiger partial charge is 0.239 e. The van der Waals surface area contributed by atoms with E-state index >= 15 is 0 Å². The molecule has 1 atom stereocenters.